The molecule has 4 aromatic rings. The zero-order chi connectivity index (χ0) is 30.3. The summed E-state index contributed by atoms with van der Waals surface area (Å²) >= 11 is 0. The van der Waals surface area contributed by atoms with Crippen LogP contribution in [0.15, 0.2) is 59.4 Å². The number of ether oxygens (including phenoxy) is 1. The van der Waals surface area contributed by atoms with E-state index in [1.807, 2.05) is 45.0 Å². The number of aryl methyl sites for hydroxylation is 1. The lowest BCUT2D eigenvalue weighted by atomic mass is 9.96. The molecule has 42 heavy (non-hydrogen) atoms. The van der Waals surface area contributed by atoms with Crippen LogP contribution >= 0.6 is 0 Å². The van der Waals surface area contributed by atoms with Gasteiger partial charge < -0.3 is 24.2 Å². The van der Waals surface area contributed by atoms with Crippen LogP contribution in [0.3, 0.4) is 0 Å². The molecule has 1 aliphatic heterocycles. The van der Waals surface area contributed by atoms with Crippen molar-refractivity contribution in [3.63, 3.8) is 0 Å². The van der Waals surface area contributed by atoms with Crippen molar-refractivity contribution in [1.82, 2.24) is 18.9 Å². The topological polar surface area (TPSA) is 114 Å². The van der Waals surface area contributed by atoms with Gasteiger partial charge in [0.15, 0.2) is 17.2 Å². The van der Waals surface area contributed by atoms with E-state index in [0.29, 0.717) is 47.9 Å². The maximum absolute atomic E-state index is 14.1. The SMILES string of the molecule is COc1c(C(=O)N2CCC(N(C(=O)O)C(C)(C)C)CC2)n(C)c2c1c(=O)n(CC(=O)c1ccccc1)c1ccccc21. The summed E-state index contributed by atoms with van der Waals surface area (Å²) in [5, 5.41) is 10.8. The zero-order valence-corrected chi connectivity index (χ0v) is 24.6. The van der Waals surface area contributed by atoms with E-state index in [-0.39, 0.29) is 41.1 Å². The monoisotopic (exact) mass is 572 g/mol. The first-order valence-corrected chi connectivity index (χ1v) is 14.0. The van der Waals surface area contributed by atoms with E-state index in [4.69, 9.17) is 4.74 Å². The number of ketones is 1. The first kappa shape index (κ1) is 28.9. The van der Waals surface area contributed by atoms with E-state index in [0.717, 1.165) is 0 Å². The predicted molar refractivity (Wildman–Crippen MR) is 161 cm³/mol. The second kappa shape index (κ2) is 11.0. The predicted octanol–water partition coefficient (Wildman–Crippen LogP) is 4.77. The zero-order valence-electron chi connectivity index (χ0n) is 24.6. The van der Waals surface area contributed by atoms with Crippen molar-refractivity contribution in [2.45, 2.75) is 51.7 Å². The van der Waals surface area contributed by atoms with Crippen LogP contribution in [0.2, 0.25) is 0 Å². The molecule has 0 unspecified atom stereocenters. The fraction of sp³-hybridized carbons (Fsp3) is 0.375. The van der Waals surface area contributed by atoms with Gasteiger partial charge in [0.2, 0.25) is 0 Å². The fourth-order valence-electron chi connectivity index (χ4n) is 6.25. The number of piperidine rings is 1. The molecule has 10 heteroatoms. The molecule has 1 N–H and O–H groups in total. The number of rotatable bonds is 6. The summed E-state index contributed by atoms with van der Waals surface area (Å²) in [6, 6.07) is 15.9. The Kier molecular flexibility index (Phi) is 7.57. The van der Waals surface area contributed by atoms with Crippen LogP contribution in [-0.2, 0) is 13.6 Å². The fourth-order valence-corrected chi connectivity index (χ4v) is 6.25. The van der Waals surface area contributed by atoms with E-state index < -0.39 is 17.2 Å². The molecular formula is C32H36N4O6. The molecule has 2 aromatic carbocycles. The lowest BCUT2D eigenvalue weighted by Crippen LogP contribution is -2.55. The minimum Gasteiger partial charge on any atom is -0.493 e. The number of fused-ring (bicyclic) bond motifs is 3. The van der Waals surface area contributed by atoms with Crippen LogP contribution in [0.5, 0.6) is 5.75 Å². The van der Waals surface area contributed by atoms with Crippen molar-refractivity contribution >= 4 is 39.6 Å². The molecule has 220 valence electrons. The lowest BCUT2D eigenvalue weighted by molar-refractivity contribution is 0.0379. The van der Waals surface area contributed by atoms with Crippen LogP contribution in [-0.4, -0.2) is 73.6 Å². The van der Waals surface area contributed by atoms with Gasteiger partial charge in [-0.25, -0.2) is 4.79 Å². The second-order valence-corrected chi connectivity index (χ2v) is 11.7. The van der Waals surface area contributed by atoms with E-state index >= 15 is 0 Å². The van der Waals surface area contributed by atoms with Crippen molar-refractivity contribution in [3.8, 4) is 5.75 Å². The summed E-state index contributed by atoms with van der Waals surface area (Å²) in [6.07, 6.45) is 0.0224. The molecule has 1 fully saturated rings. The van der Waals surface area contributed by atoms with Crippen molar-refractivity contribution in [1.29, 1.82) is 0 Å². The van der Waals surface area contributed by atoms with Gasteiger partial charge >= 0.3 is 6.09 Å². The van der Waals surface area contributed by atoms with Gasteiger partial charge in [-0.05, 0) is 39.7 Å². The van der Waals surface area contributed by atoms with Gasteiger partial charge in [0.05, 0.1) is 24.7 Å². The summed E-state index contributed by atoms with van der Waals surface area (Å²) in [5.74, 6) is -0.336. The highest BCUT2D eigenvalue weighted by atomic mass is 16.5. The van der Waals surface area contributed by atoms with Crippen molar-refractivity contribution in [2.75, 3.05) is 20.2 Å². The molecule has 10 nitrogen and oxygen atoms in total. The van der Waals surface area contributed by atoms with Crippen LogP contribution in [0.1, 0.15) is 54.5 Å². The molecule has 0 bridgehead atoms. The highest BCUT2D eigenvalue weighted by Crippen LogP contribution is 2.36. The molecule has 0 aliphatic carbocycles. The molecule has 0 saturated carbocycles. The minimum atomic E-state index is -0.975. The number of pyridine rings is 1. The molecule has 0 atom stereocenters. The molecule has 1 saturated heterocycles. The second-order valence-electron chi connectivity index (χ2n) is 11.7. The van der Waals surface area contributed by atoms with Crippen molar-refractivity contribution in [2.24, 2.45) is 7.05 Å². The average Bonchev–Trinajstić information content (AvgIpc) is 3.27. The van der Waals surface area contributed by atoms with Gasteiger partial charge in [-0.3, -0.25) is 19.0 Å². The Balaban J connectivity index is 1.56. The third kappa shape index (κ3) is 4.91. The smallest absolute Gasteiger partial charge is 0.407 e. The highest BCUT2D eigenvalue weighted by molar-refractivity contribution is 6.12. The number of carboxylic acid groups (broad SMARTS) is 1. The number of Topliss-reactive ketones (excluding diaryl/α,β-unsaturated/α-hetero) is 1. The van der Waals surface area contributed by atoms with Gasteiger partial charge in [-0.2, -0.15) is 0 Å². The molecule has 2 amide bonds. The number of aromatic nitrogens is 2. The molecule has 2 aromatic heterocycles. The van der Waals surface area contributed by atoms with Gasteiger partial charge in [-0.15, -0.1) is 0 Å². The van der Waals surface area contributed by atoms with Crippen LogP contribution in [0.4, 0.5) is 4.79 Å². The van der Waals surface area contributed by atoms with Gasteiger partial charge in [-0.1, -0.05) is 48.5 Å². The third-order valence-electron chi connectivity index (χ3n) is 8.11. The number of nitrogens with zero attached hydrogens (tertiary/aromatic N) is 4. The number of methoxy groups -OCH3 is 1. The maximum atomic E-state index is 14.1. The van der Waals surface area contributed by atoms with E-state index in [1.165, 1.54) is 16.6 Å². The number of hydrogen-bond acceptors (Lipinski definition) is 5. The highest BCUT2D eigenvalue weighted by Gasteiger charge is 2.37. The van der Waals surface area contributed by atoms with Gasteiger partial charge in [0.1, 0.15) is 5.39 Å². The first-order valence-electron chi connectivity index (χ1n) is 14.0. The average molecular weight is 573 g/mol. The number of likely N-dealkylation sites (tertiary alicyclic amines) is 1. The molecule has 0 radical (unpaired) electrons. The number of para-hydroxylation sites is 1. The number of carbonyl (C=O) groups is 3. The van der Waals surface area contributed by atoms with E-state index in [9.17, 15) is 24.3 Å². The quantitative estimate of drug-likeness (QED) is 0.333. The van der Waals surface area contributed by atoms with Crippen molar-refractivity contribution in [3.05, 3.63) is 76.2 Å². The Morgan fingerprint density at radius 2 is 1.62 bits per heavy atom. The maximum Gasteiger partial charge on any atom is 0.407 e. The first-order chi connectivity index (χ1) is 20.0. The lowest BCUT2D eigenvalue weighted by Gasteiger charge is -2.43. The Morgan fingerprint density at radius 1 is 1.00 bits per heavy atom. The summed E-state index contributed by atoms with van der Waals surface area (Å²) in [7, 11) is 3.17. The van der Waals surface area contributed by atoms with Crippen LogP contribution in [0.25, 0.3) is 21.8 Å². The van der Waals surface area contributed by atoms with Crippen molar-refractivity contribution < 1.29 is 24.2 Å². The molecule has 5 rings (SSSR count). The molecule has 3 heterocycles. The Morgan fingerprint density at radius 3 is 2.21 bits per heavy atom. The minimum absolute atomic E-state index is 0.165. The summed E-state index contributed by atoms with van der Waals surface area (Å²) in [6.45, 7) is 6.16. The Labute approximate surface area is 243 Å². The standard InChI is InChI=1S/C32H36N4O6/c1-32(2,3)36(31(40)41)21-15-17-34(18-16-21)30(39)27-28(42-5)25-26(33(27)4)22-13-9-10-14-23(22)35(29(25)38)19-24(37)20-11-7-6-8-12-20/h6-14,21H,15-19H2,1-5H3,(H,40,41). The number of carbonyl (C=O) groups excluding carboxylic acids is 2. The summed E-state index contributed by atoms with van der Waals surface area (Å²) < 4.78 is 8.90. The number of amides is 2. The van der Waals surface area contributed by atoms with E-state index in [2.05, 4.69) is 0 Å². The molecule has 1 aliphatic rings. The normalized spacial score (nSPS) is 14.4. The largest absolute Gasteiger partial charge is 0.493 e. The third-order valence-corrected chi connectivity index (χ3v) is 8.11. The Bertz CT molecular complexity index is 1740. The van der Waals surface area contributed by atoms with Crippen LogP contribution in [0, 0.1) is 0 Å². The Hall–Kier alpha value is -4.60. The summed E-state index contributed by atoms with van der Waals surface area (Å²) in [4.78, 5) is 56.4. The van der Waals surface area contributed by atoms with Gasteiger partial charge in [0, 0.05) is 42.7 Å². The van der Waals surface area contributed by atoms with Gasteiger partial charge in [0.25, 0.3) is 11.5 Å². The summed E-state index contributed by atoms with van der Waals surface area (Å²) in [5.41, 5.74) is 0.898. The molecule has 0 spiro atoms. The van der Waals surface area contributed by atoms with Crippen LogP contribution < -0.4 is 10.3 Å². The molecular weight excluding hydrogens is 536 g/mol. The number of hydrogen-bond donors (Lipinski definition) is 1. The number of benzene rings is 2. The van der Waals surface area contributed by atoms with E-state index in [1.54, 1.807) is 46.8 Å².